The van der Waals surface area contributed by atoms with E-state index in [1.807, 2.05) is 45.2 Å². The van der Waals surface area contributed by atoms with Gasteiger partial charge in [0.15, 0.2) is 0 Å². The molecule has 0 bridgehead atoms. The number of nitrogens with one attached hydrogen (secondary N) is 2. The number of ether oxygens (including phenoxy) is 2. The number of benzene rings is 2. The molecular weight excluding hydrogens is 448 g/mol. The van der Waals surface area contributed by atoms with Crippen LogP contribution in [0.3, 0.4) is 0 Å². The number of carbonyl (C=O) groups excluding carboxylic acids is 1. The first-order valence-corrected chi connectivity index (χ1v) is 12.1. The Morgan fingerprint density at radius 2 is 1.88 bits per heavy atom. The largest absolute Gasteiger partial charge is 0.496 e. The Hall–Kier alpha value is -3.32. The van der Waals surface area contributed by atoms with Gasteiger partial charge in [0.25, 0.3) is 5.56 Å². The van der Waals surface area contributed by atoms with E-state index in [9.17, 15) is 9.59 Å². The van der Waals surface area contributed by atoms with Crippen molar-refractivity contribution in [3.8, 4) is 16.9 Å². The van der Waals surface area contributed by atoms with E-state index in [4.69, 9.17) is 9.47 Å². The van der Waals surface area contributed by atoms with Crippen LogP contribution in [0, 0.1) is 6.92 Å². The third kappa shape index (κ3) is 4.66. The lowest BCUT2D eigenvalue weighted by Gasteiger charge is -2.21. The molecule has 178 valence electrons. The number of methoxy groups -OCH3 is 1. The van der Waals surface area contributed by atoms with Crippen LogP contribution in [0.2, 0.25) is 0 Å². The van der Waals surface area contributed by atoms with Crippen LogP contribution in [0.4, 0.5) is 4.79 Å². The average molecular weight is 479 g/mol. The molecule has 0 saturated carbocycles. The normalized spacial score (nSPS) is 12.6. The Balaban J connectivity index is 1.70. The number of H-pyrrole nitrogens is 1. The van der Waals surface area contributed by atoms with Crippen LogP contribution in [0.1, 0.15) is 44.7 Å². The molecule has 7 heteroatoms. The average Bonchev–Trinajstić information content (AvgIpc) is 3.28. The van der Waals surface area contributed by atoms with Gasteiger partial charge in [-0.1, -0.05) is 31.2 Å². The molecule has 0 aliphatic rings. The quantitative estimate of drug-likeness (QED) is 0.350. The van der Waals surface area contributed by atoms with E-state index in [1.54, 1.807) is 7.11 Å². The maximum Gasteiger partial charge on any atom is 0.407 e. The third-order valence-electron chi connectivity index (χ3n) is 5.81. The Labute approximate surface area is 202 Å². The second-order valence-corrected chi connectivity index (χ2v) is 10.5. The first-order valence-electron chi connectivity index (χ1n) is 11.3. The lowest BCUT2D eigenvalue weighted by atomic mass is 9.93. The minimum Gasteiger partial charge on any atom is -0.496 e. The van der Waals surface area contributed by atoms with Gasteiger partial charge in [0.2, 0.25) is 0 Å². The molecule has 0 spiro atoms. The number of thiophene rings is 1. The molecule has 4 aromatic rings. The summed E-state index contributed by atoms with van der Waals surface area (Å²) in [5.41, 5.74) is 4.24. The van der Waals surface area contributed by atoms with Crippen LogP contribution >= 0.6 is 11.3 Å². The lowest BCUT2D eigenvalue weighted by Crippen LogP contribution is -2.34. The SMILES string of the molecule is COc1cc(C)c2[nH]c(=O)c3sccc3c2c1-c1ccc([C@@H](C)CNC(=O)OC(C)(C)C)cc1. The van der Waals surface area contributed by atoms with E-state index in [2.05, 4.69) is 41.5 Å². The first kappa shape index (κ1) is 23.8. The smallest absolute Gasteiger partial charge is 0.407 e. The summed E-state index contributed by atoms with van der Waals surface area (Å²) in [5.74, 6) is 0.870. The van der Waals surface area contributed by atoms with Gasteiger partial charge in [-0.15, -0.1) is 11.3 Å². The molecular formula is C27H30N2O4S. The fourth-order valence-electron chi connectivity index (χ4n) is 4.16. The zero-order valence-electron chi connectivity index (χ0n) is 20.4. The topological polar surface area (TPSA) is 80.4 Å². The van der Waals surface area contributed by atoms with Crippen molar-refractivity contribution in [2.24, 2.45) is 0 Å². The summed E-state index contributed by atoms with van der Waals surface area (Å²) >= 11 is 1.44. The molecule has 1 atom stereocenters. The highest BCUT2D eigenvalue weighted by Gasteiger charge is 2.19. The number of aromatic nitrogens is 1. The molecule has 1 amide bonds. The van der Waals surface area contributed by atoms with Gasteiger partial charge in [0, 0.05) is 22.9 Å². The van der Waals surface area contributed by atoms with Gasteiger partial charge in [-0.2, -0.15) is 0 Å². The number of hydrogen-bond donors (Lipinski definition) is 2. The molecule has 4 rings (SSSR count). The molecule has 6 nitrogen and oxygen atoms in total. The first-order chi connectivity index (χ1) is 16.1. The van der Waals surface area contributed by atoms with E-state index >= 15 is 0 Å². The summed E-state index contributed by atoms with van der Waals surface area (Å²) < 4.78 is 11.8. The van der Waals surface area contributed by atoms with Gasteiger partial charge in [0.05, 0.1) is 12.6 Å². The number of aromatic amines is 1. The van der Waals surface area contributed by atoms with Crippen LogP contribution in [0.15, 0.2) is 46.6 Å². The van der Waals surface area contributed by atoms with Crippen molar-refractivity contribution >= 4 is 38.4 Å². The van der Waals surface area contributed by atoms with Crippen molar-refractivity contribution in [2.75, 3.05) is 13.7 Å². The molecule has 34 heavy (non-hydrogen) atoms. The number of aryl methyl sites for hydroxylation is 1. The van der Waals surface area contributed by atoms with E-state index in [0.29, 0.717) is 11.2 Å². The van der Waals surface area contributed by atoms with Gasteiger partial charge in [-0.3, -0.25) is 4.79 Å². The Morgan fingerprint density at radius 3 is 2.53 bits per heavy atom. The molecule has 0 aliphatic heterocycles. The Morgan fingerprint density at radius 1 is 1.18 bits per heavy atom. The van der Waals surface area contributed by atoms with Crippen LogP contribution < -0.4 is 15.6 Å². The van der Waals surface area contributed by atoms with E-state index in [1.165, 1.54) is 11.3 Å². The standard InChI is InChI=1S/C27H30N2O4S/c1-15-13-20(32-6)21(22-19-11-12-34-24(19)25(30)29-23(15)22)18-9-7-17(8-10-18)16(2)14-28-26(31)33-27(3,4)5/h7-13,16H,14H2,1-6H3,(H,28,31)(H,29,30)/t16-/m0/s1. The monoisotopic (exact) mass is 478 g/mol. The summed E-state index contributed by atoms with van der Waals surface area (Å²) in [6.07, 6.45) is -0.416. The second kappa shape index (κ2) is 9.14. The fourth-order valence-corrected chi connectivity index (χ4v) is 4.96. The highest BCUT2D eigenvalue weighted by molar-refractivity contribution is 7.17. The number of pyridine rings is 1. The number of amides is 1. The van der Waals surface area contributed by atoms with Crippen LogP contribution in [-0.2, 0) is 4.74 Å². The molecule has 0 aliphatic carbocycles. The van der Waals surface area contributed by atoms with Gasteiger partial charge in [-0.05, 0) is 67.8 Å². The van der Waals surface area contributed by atoms with Crippen LogP contribution in [-0.4, -0.2) is 30.3 Å². The number of hydrogen-bond acceptors (Lipinski definition) is 5. The number of alkyl carbamates (subject to hydrolysis) is 1. The highest BCUT2D eigenvalue weighted by atomic mass is 32.1. The maximum atomic E-state index is 12.6. The number of rotatable bonds is 5. The van der Waals surface area contributed by atoms with Gasteiger partial charge < -0.3 is 19.8 Å². The summed E-state index contributed by atoms with van der Waals surface area (Å²) in [7, 11) is 1.67. The predicted molar refractivity (Wildman–Crippen MR) is 139 cm³/mol. The van der Waals surface area contributed by atoms with Gasteiger partial charge in [-0.25, -0.2) is 4.79 Å². The van der Waals surface area contributed by atoms with Crippen LogP contribution in [0.25, 0.3) is 32.1 Å². The minimum absolute atomic E-state index is 0.0709. The lowest BCUT2D eigenvalue weighted by molar-refractivity contribution is 0.0525. The zero-order chi connectivity index (χ0) is 24.6. The zero-order valence-corrected chi connectivity index (χ0v) is 21.2. The van der Waals surface area contributed by atoms with Crippen molar-refractivity contribution in [2.45, 2.75) is 46.1 Å². The fraction of sp³-hybridized carbons (Fsp3) is 0.333. The number of carbonyl (C=O) groups is 1. The molecule has 0 unspecified atom stereocenters. The van der Waals surface area contributed by atoms with Crippen LogP contribution in [0.5, 0.6) is 5.75 Å². The minimum atomic E-state index is -0.525. The van der Waals surface area contributed by atoms with E-state index in [0.717, 1.165) is 44.3 Å². The van der Waals surface area contributed by atoms with Gasteiger partial charge >= 0.3 is 6.09 Å². The summed E-state index contributed by atoms with van der Waals surface area (Å²) in [4.78, 5) is 27.7. The van der Waals surface area contributed by atoms with Crippen molar-refractivity contribution < 1.29 is 14.3 Å². The Bertz CT molecular complexity index is 1410. The van der Waals surface area contributed by atoms with E-state index < -0.39 is 11.7 Å². The molecule has 0 saturated heterocycles. The molecule has 2 heterocycles. The summed E-state index contributed by atoms with van der Waals surface area (Å²) in [6, 6.07) is 12.2. The highest BCUT2D eigenvalue weighted by Crippen LogP contribution is 2.41. The van der Waals surface area contributed by atoms with Crippen molar-refractivity contribution in [3.05, 3.63) is 63.3 Å². The molecule has 0 radical (unpaired) electrons. The van der Waals surface area contributed by atoms with Gasteiger partial charge in [0.1, 0.15) is 16.1 Å². The van der Waals surface area contributed by atoms with Crippen molar-refractivity contribution in [1.82, 2.24) is 10.3 Å². The summed E-state index contributed by atoms with van der Waals surface area (Å²) in [5, 5.41) is 6.70. The maximum absolute atomic E-state index is 12.6. The number of fused-ring (bicyclic) bond motifs is 3. The second-order valence-electron chi connectivity index (χ2n) is 9.54. The Kier molecular flexibility index (Phi) is 6.41. The van der Waals surface area contributed by atoms with Crippen molar-refractivity contribution in [3.63, 3.8) is 0 Å². The summed E-state index contributed by atoms with van der Waals surface area (Å²) in [6.45, 7) is 10.0. The third-order valence-corrected chi connectivity index (χ3v) is 6.72. The predicted octanol–water partition coefficient (Wildman–Crippen LogP) is 6.36. The van der Waals surface area contributed by atoms with Crippen molar-refractivity contribution in [1.29, 1.82) is 0 Å². The molecule has 2 N–H and O–H groups in total. The molecule has 2 aromatic heterocycles. The molecule has 2 aromatic carbocycles. The molecule has 0 fully saturated rings. The van der Waals surface area contributed by atoms with E-state index in [-0.39, 0.29) is 11.5 Å².